The molecular formula is C32H27F2N7O3. The van der Waals surface area contributed by atoms with Crippen LogP contribution in [0.5, 0.6) is 0 Å². The summed E-state index contributed by atoms with van der Waals surface area (Å²) < 4.78 is 35.1. The fraction of sp³-hybridized carbons (Fsp3) is 0.188. The van der Waals surface area contributed by atoms with Gasteiger partial charge in [0.25, 0.3) is 0 Å². The third kappa shape index (κ3) is 6.35. The van der Waals surface area contributed by atoms with E-state index in [0.717, 1.165) is 0 Å². The Bertz CT molecular complexity index is 1850. The Labute approximate surface area is 251 Å². The average molecular weight is 596 g/mol. The topological polar surface area (TPSA) is 122 Å². The van der Waals surface area contributed by atoms with E-state index < -0.39 is 17.7 Å². The zero-order chi connectivity index (χ0) is 30.6. The summed E-state index contributed by atoms with van der Waals surface area (Å²) >= 11 is 0. The van der Waals surface area contributed by atoms with E-state index in [2.05, 4.69) is 25.5 Å². The molecule has 1 fully saturated rings. The van der Waals surface area contributed by atoms with E-state index in [9.17, 15) is 14.0 Å². The molecule has 1 aliphatic heterocycles. The summed E-state index contributed by atoms with van der Waals surface area (Å²) in [7, 11) is 0. The molecule has 10 nitrogen and oxygen atoms in total. The monoisotopic (exact) mass is 595 g/mol. The number of morpholine rings is 1. The van der Waals surface area contributed by atoms with Crippen LogP contribution in [0.2, 0.25) is 0 Å². The summed E-state index contributed by atoms with van der Waals surface area (Å²) in [5, 5.41) is 5.89. The van der Waals surface area contributed by atoms with Crippen LogP contribution in [0.25, 0.3) is 33.4 Å². The maximum absolute atomic E-state index is 15.3. The van der Waals surface area contributed by atoms with E-state index in [1.807, 2.05) is 0 Å². The van der Waals surface area contributed by atoms with Gasteiger partial charge in [-0.15, -0.1) is 0 Å². The molecule has 0 saturated carbocycles. The summed E-state index contributed by atoms with van der Waals surface area (Å²) in [6, 6.07) is 13.7. The van der Waals surface area contributed by atoms with Crippen LogP contribution in [0.15, 0.2) is 73.3 Å². The van der Waals surface area contributed by atoms with Gasteiger partial charge in [-0.2, -0.15) is 0 Å². The van der Waals surface area contributed by atoms with Crippen molar-refractivity contribution in [1.29, 1.82) is 0 Å². The Hall–Kier alpha value is -5.36. The van der Waals surface area contributed by atoms with E-state index in [0.29, 0.717) is 71.2 Å². The summed E-state index contributed by atoms with van der Waals surface area (Å²) in [5.41, 5.74) is 3.11. The second kappa shape index (κ2) is 12.5. The fourth-order valence-corrected chi connectivity index (χ4v) is 4.97. The number of nitrogens with one attached hydrogen (secondary N) is 2. The van der Waals surface area contributed by atoms with Crippen molar-refractivity contribution in [1.82, 2.24) is 19.9 Å². The molecular weight excluding hydrogens is 568 g/mol. The highest BCUT2D eigenvalue weighted by molar-refractivity contribution is 6.00. The first-order valence-electron chi connectivity index (χ1n) is 13.9. The Morgan fingerprint density at radius 1 is 0.864 bits per heavy atom. The van der Waals surface area contributed by atoms with E-state index in [4.69, 9.17) is 14.7 Å². The molecule has 1 saturated heterocycles. The lowest BCUT2D eigenvalue weighted by Crippen LogP contribution is -2.37. The van der Waals surface area contributed by atoms with Gasteiger partial charge >= 0.3 is 6.03 Å². The maximum atomic E-state index is 15.3. The van der Waals surface area contributed by atoms with Gasteiger partial charge in [0, 0.05) is 65.4 Å². The first kappa shape index (κ1) is 28.7. The van der Waals surface area contributed by atoms with Crippen LogP contribution in [0, 0.1) is 11.6 Å². The number of hydrogen-bond acceptors (Lipinski definition) is 8. The SMILES string of the molecule is CC(=O)Cc1ccc(NC(=O)Nc2ccc(-c3nc(N4CCOCC4)c4cc(F)c(-c5cncnc5)cc4n3)cc2)cc1F. The molecule has 2 amide bonds. The van der Waals surface area contributed by atoms with Gasteiger partial charge in [0.05, 0.1) is 18.7 Å². The van der Waals surface area contributed by atoms with E-state index in [1.54, 1.807) is 42.7 Å². The summed E-state index contributed by atoms with van der Waals surface area (Å²) in [6.07, 6.45) is 4.46. The predicted octanol–water partition coefficient (Wildman–Crippen LogP) is 5.64. The molecule has 0 spiro atoms. The van der Waals surface area contributed by atoms with E-state index in [-0.39, 0.29) is 23.5 Å². The molecule has 0 bridgehead atoms. The number of urea groups is 1. The number of benzene rings is 3. The van der Waals surface area contributed by atoms with Gasteiger partial charge < -0.3 is 20.3 Å². The van der Waals surface area contributed by atoms with Gasteiger partial charge in [0.1, 0.15) is 29.6 Å². The summed E-state index contributed by atoms with van der Waals surface area (Å²) in [6.45, 7) is 3.64. The minimum atomic E-state index is -0.568. The van der Waals surface area contributed by atoms with Crippen LogP contribution < -0.4 is 15.5 Å². The minimum Gasteiger partial charge on any atom is -0.378 e. The number of anilines is 3. The van der Waals surface area contributed by atoms with Crippen LogP contribution >= 0.6 is 0 Å². The molecule has 0 unspecified atom stereocenters. The quantitative estimate of drug-likeness (QED) is 0.248. The van der Waals surface area contributed by atoms with Crippen molar-refractivity contribution >= 4 is 39.9 Å². The molecule has 0 aliphatic carbocycles. The molecule has 5 aromatic rings. The van der Waals surface area contributed by atoms with Gasteiger partial charge in [-0.3, -0.25) is 4.79 Å². The maximum Gasteiger partial charge on any atom is 0.323 e. The van der Waals surface area contributed by atoms with Gasteiger partial charge in [0.15, 0.2) is 5.82 Å². The third-order valence-corrected chi connectivity index (χ3v) is 7.10. The van der Waals surface area contributed by atoms with Crippen molar-refractivity contribution in [3.8, 4) is 22.5 Å². The highest BCUT2D eigenvalue weighted by atomic mass is 19.1. The average Bonchev–Trinajstić information content (AvgIpc) is 3.02. The molecule has 222 valence electrons. The molecule has 3 heterocycles. The third-order valence-electron chi connectivity index (χ3n) is 7.10. The Balaban J connectivity index is 1.26. The zero-order valence-corrected chi connectivity index (χ0v) is 23.7. The van der Waals surface area contributed by atoms with Crippen LogP contribution in [0.1, 0.15) is 12.5 Å². The molecule has 0 radical (unpaired) electrons. The zero-order valence-electron chi connectivity index (χ0n) is 23.7. The van der Waals surface area contributed by atoms with Crippen molar-refractivity contribution in [2.24, 2.45) is 0 Å². The Morgan fingerprint density at radius 2 is 1.57 bits per heavy atom. The van der Waals surface area contributed by atoms with Crippen LogP contribution in [-0.4, -0.2) is 58.1 Å². The largest absolute Gasteiger partial charge is 0.378 e. The number of ketones is 1. The number of aromatic nitrogens is 4. The van der Waals surface area contributed by atoms with Crippen molar-refractivity contribution < 1.29 is 23.1 Å². The minimum absolute atomic E-state index is 0.0143. The number of Topliss-reactive ketones (excluding diaryl/α,β-unsaturated/α-hetero) is 1. The van der Waals surface area contributed by atoms with E-state index >= 15 is 4.39 Å². The van der Waals surface area contributed by atoms with Crippen molar-refractivity contribution in [3.05, 3.63) is 90.5 Å². The number of hydrogen-bond donors (Lipinski definition) is 2. The number of nitrogens with zero attached hydrogens (tertiary/aromatic N) is 5. The van der Waals surface area contributed by atoms with Crippen LogP contribution in [0.3, 0.4) is 0 Å². The van der Waals surface area contributed by atoms with Gasteiger partial charge in [-0.05, 0) is 61.0 Å². The number of carbonyl (C=O) groups is 2. The second-order valence-electron chi connectivity index (χ2n) is 10.3. The van der Waals surface area contributed by atoms with Crippen molar-refractivity contribution in [3.63, 3.8) is 0 Å². The van der Waals surface area contributed by atoms with Gasteiger partial charge in [-0.25, -0.2) is 33.5 Å². The number of ether oxygens (including phenoxy) is 1. The van der Waals surface area contributed by atoms with Gasteiger partial charge in [-0.1, -0.05) is 6.07 Å². The lowest BCUT2D eigenvalue weighted by molar-refractivity contribution is -0.116. The molecule has 12 heteroatoms. The molecule has 3 aromatic carbocycles. The number of carbonyl (C=O) groups excluding carboxylic acids is 2. The van der Waals surface area contributed by atoms with Crippen molar-refractivity contribution in [2.75, 3.05) is 41.8 Å². The number of rotatable bonds is 7. The van der Waals surface area contributed by atoms with Crippen molar-refractivity contribution in [2.45, 2.75) is 13.3 Å². The number of halogens is 2. The van der Waals surface area contributed by atoms with Crippen LogP contribution in [-0.2, 0) is 16.0 Å². The lowest BCUT2D eigenvalue weighted by atomic mass is 10.0. The smallest absolute Gasteiger partial charge is 0.323 e. The Morgan fingerprint density at radius 3 is 2.27 bits per heavy atom. The standard InChI is InChI=1S/C32H27F2N7O3/c1-19(42)12-21-4-7-24(13-27(21)33)38-32(43)37-23-5-2-20(3-6-23)30-39-29-15-25(22-16-35-18-36-17-22)28(34)14-26(29)31(40-30)41-8-10-44-11-9-41/h2-7,13-18H,8-12H2,1H3,(H2,37,38,43). The van der Waals surface area contributed by atoms with Crippen LogP contribution in [0.4, 0.5) is 30.8 Å². The fourth-order valence-electron chi connectivity index (χ4n) is 4.97. The predicted molar refractivity (Wildman–Crippen MR) is 162 cm³/mol. The first-order chi connectivity index (χ1) is 21.3. The summed E-state index contributed by atoms with van der Waals surface area (Å²) in [5.74, 6) is -0.120. The molecule has 6 rings (SSSR count). The van der Waals surface area contributed by atoms with Gasteiger partial charge in [0.2, 0.25) is 0 Å². The normalized spacial score (nSPS) is 13.1. The molecule has 1 aliphatic rings. The highest BCUT2D eigenvalue weighted by Crippen LogP contribution is 2.33. The summed E-state index contributed by atoms with van der Waals surface area (Å²) in [4.78, 5) is 43.5. The highest BCUT2D eigenvalue weighted by Gasteiger charge is 2.20. The molecule has 2 aromatic heterocycles. The molecule has 0 atom stereocenters. The number of fused-ring (bicyclic) bond motifs is 1. The molecule has 44 heavy (non-hydrogen) atoms. The first-order valence-corrected chi connectivity index (χ1v) is 13.9. The van der Waals surface area contributed by atoms with E-state index in [1.165, 1.54) is 37.5 Å². The second-order valence-corrected chi connectivity index (χ2v) is 10.3. The Kier molecular flexibility index (Phi) is 8.15. The molecule has 2 N–H and O–H groups in total. The number of amides is 2. The lowest BCUT2D eigenvalue weighted by Gasteiger charge is -2.29.